The Balaban J connectivity index is 2.64. The number of guanidine groups is 2. The fourth-order valence-electron chi connectivity index (χ4n) is 1.09. The third-order valence-corrected chi connectivity index (χ3v) is 1.97. The average Bonchev–Trinajstić information content (AvgIpc) is 2.50. The highest BCUT2D eigenvalue weighted by Gasteiger charge is 2.07. The number of hydrogen-bond acceptors (Lipinski definition) is 2. The van der Waals surface area contributed by atoms with Crippen molar-refractivity contribution in [1.29, 1.82) is 5.41 Å². The summed E-state index contributed by atoms with van der Waals surface area (Å²) in [6.45, 7) is 2.48. The molecule has 0 unspecified atom stereocenters. The number of hydrogen-bond donors (Lipinski definition) is 3. The van der Waals surface area contributed by atoms with E-state index in [4.69, 9.17) is 21.3 Å². The zero-order chi connectivity index (χ0) is 11.4. The van der Waals surface area contributed by atoms with Crippen molar-refractivity contribution >= 4 is 11.9 Å². The number of nitrogens with two attached hydrogens (primary N) is 2. The van der Waals surface area contributed by atoms with E-state index in [1.54, 1.807) is 24.5 Å². The van der Waals surface area contributed by atoms with Gasteiger partial charge < -0.3 is 20.8 Å². The first-order chi connectivity index (χ1) is 7.00. The Morgan fingerprint density at radius 2 is 2.20 bits per heavy atom. The van der Waals surface area contributed by atoms with E-state index in [0.717, 1.165) is 11.1 Å². The van der Waals surface area contributed by atoms with Gasteiger partial charge in [-0.3, -0.25) is 5.41 Å². The highest BCUT2D eigenvalue weighted by atomic mass is 16.3. The van der Waals surface area contributed by atoms with Crippen LogP contribution in [0.4, 0.5) is 0 Å². The number of furan rings is 1. The summed E-state index contributed by atoms with van der Waals surface area (Å²) in [6.07, 6.45) is 3.31. The van der Waals surface area contributed by atoms with Gasteiger partial charge in [-0.15, -0.1) is 0 Å². The first-order valence-corrected chi connectivity index (χ1v) is 4.41. The maximum Gasteiger partial charge on any atom is 0.221 e. The summed E-state index contributed by atoms with van der Waals surface area (Å²) < 4.78 is 5.02. The van der Waals surface area contributed by atoms with Crippen molar-refractivity contribution in [1.82, 2.24) is 4.90 Å². The van der Waals surface area contributed by atoms with Gasteiger partial charge in [0.2, 0.25) is 5.96 Å². The summed E-state index contributed by atoms with van der Waals surface area (Å²) >= 11 is 0. The van der Waals surface area contributed by atoms with E-state index in [9.17, 15) is 0 Å². The number of aliphatic imine (C=N–C) groups is 1. The van der Waals surface area contributed by atoms with E-state index < -0.39 is 0 Å². The normalized spacial score (nSPS) is 9.73. The molecule has 0 radical (unpaired) electrons. The highest BCUT2D eigenvalue weighted by Crippen LogP contribution is 2.11. The Bertz CT molecular complexity index is 378. The lowest BCUT2D eigenvalue weighted by atomic mass is 10.2. The van der Waals surface area contributed by atoms with Gasteiger partial charge in [0.05, 0.1) is 12.5 Å². The number of nitrogens with one attached hydrogen (secondary N) is 1. The number of aryl methyl sites for hydroxylation is 1. The van der Waals surface area contributed by atoms with Crippen molar-refractivity contribution in [3.63, 3.8) is 0 Å². The molecule has 1 aromatic heterocycles. The van der Waals surface area contributed by atoms with Crippen LogP contribution in [-0.4, -0.2) is 23.9 Å². The van der Waals surface area contributed by atoms with Gasteiger partial charge in [-0.2, -0.15) is 4.99 Å². The second kappa shape index (κ2) is 4.50. The fourth-order valence-corrected chi connectivity index (χ4v) is 1.09. The maximum atomic E-state index is 7.55. The van der Waals surface area contributed by atoms with Gasteiger partial charge in [0.1, 0.15) is 0 Å². The highest BCUT2D eigenvalue weighted by molar-refractivity contribution is 5.91. The molecule has 0 aliphatic carbocycles. The van der Waals surface area contributed by atoms with Crippen LogP contribution in [0.5, 0.6) is 0 Å². The first-order valence-electron chi connectivity index (χ1n) is 4.41. The molecule has 1 heterocycles. The number of rotatable bonds is 2. The Morgan fingerprint density at radius 1 is 1.53 bits per heavy atom. The van der Waals surface area contributed by atoms with Crippen LogP contribution in [0.3, 0.4) is 0 Å². The van der Waals surface area contributed by atoms with Crippen LogP contribution in [0.15, 0.2) is 21.9 Å². The second-order valence-corrected chi connectivity index (χ2v) is 3.30. The van der Waals surface area contributed by atoms with Crippen LogP contribution in [0, 0.1) is 12.3 Å². The third-order valence-electron chi connectivity index (χ3n) is 1.97. The van der Waals surface area contributed by atoms with Crippen molar-refractivity contribution in [2.45, 2.75) is 13.5 Å². The summed E-state index contributed by atoms with van der Waals surface area (Å²) in [5, 5.41) is 7.55. The van der Waals surface area contributed by atoms with E-state index in [1.807, 2.05) is 6.92 Å². The lowest BCUT2D eigenvalue weighted by Gasteiger charge is -2.15. The molecule has 0 fully saturated rings. The molecular weight excluding hydrogens is 194 g/mol. The van der Waals surface area contributed by atoms with Gasteiger partial charge in [-0.05, 0) is 12.5 Å². The Kier molecular flexibility index (Phi) is 3.33. The first kappa shape index (κ1) is 11.1. The molecule has 6 nitrogen and oxygen atoms in total. The summed E-state index contributed by atoms with van der Waals surface area (Å²) in [5.41, 5.74) is 12.4. The van der Waals surface area contributed by atoms with Crippen LogP contribution in [0.25, 0.3) is 0 Å². The molecule has 0 amide bonds. The standard InChI is InChI=1S/C9H15N5O/c1-6-4-15-5-7(6)3-14(2)9(12)13-8(10)11/h4-5H,3H2,1-2H3,(H5,10,11,12,13). The molecule has 5 N–H and O–H groups in total. The van der Waals surface area contributed by atoms with Crippen LogP contribution < -0.4 is 11.5 Å². The summed E-state index contributed by atoms with van der Waals surface area (Å²) in [4.78, 5) is 5.26. The molecule has 0 saturated heterocycles. The van der Waals surface area contributed by atoms with Gasteiger partial charge in [0.25, 0.3) is 0 Å². The van der Waals surface area contributed by atoms with Crippen molar-refractivity contribution in [3.8, 4) is 0 Å². The molecular formula is C9H15N5O. The minimum absolute atomic E-state index is 0.0237. The second-order valence-electron chi connectivity index (χ2n) is 3.30. The summed E-state index contributed by atoms with van der Waals surface area (Å²) in [6, 6.07) is 0. The fraction of sp³-hybridized carbons (Fsp3) is 0.333. The molecule has 15 heavy (non-hydrogen) atoms. The zero-order valence-electron chi connectivity index (χ0n) is 8.82. The van der Waals surface area contributed by atoms with Gasteiger partial charge >= 0.3 is 0 Å². The smallest absolute Gasteiger partial charge is 0.221 e. The SMILES string of the molecule is Cc1cocc1CN(C)C(=N)N=C(N)N. The van der Waals surface area contributed by atoms with Gasteiger partial charge in [0.15, 0.2) is 5.96 Å². The average molecular weight is 209 g/mol. The van der Waals surface area contributed by atoms with E-state index in [0.29, 0.717) is 6.54 Å². The minimum atomic E-state index is -0.115. The maximum absolute atomic E-state index is 7.55. The molecule has 6 heteroatoms. The van der Waals surface area contributed by atoms with Crippen molar-refractivity contribution in [3.05, 3.63) is 23.7 Å². The lowest BCUT2D eigenvalue weighted by Crippen LogP contribution is -2.30. The zero-order valence-corrected chi connectivity index (χ0v) is 8.82. The molecule has 0 bridgehead atoms. The summed E-state index contributed by atoms with van der Waals surface area (Å²) in [7, 11) is 1.74. The van der Waals surface area contributed by atoms with E-state index in [-0.39, 0.29) is 11.9 Å². The van der Waals surface area contributed by atoms with Crippen LogP contribution in [0.1, 0.15) is 11.1 Å². The van der Waals surface area contributed by atoms with E-state index >= 15 is 0 Å². The minimum Gasteiger partial charge on any atom is -0.472 e. The quantitative estimate of drug-likeness (QED) is 0.479. The molecule has 0 aliphatic rings. The van der Waals surface area contributed by atoms with Gasteiger partial charge in [-0.25, -0.2) is 0 Å². The van der Waals surface area contributed by atoms with Crippen LogP contribution in [0.2, 0.25) is 0 Å². The molecule has 0 atom stereocenters. The Morgan fingerprint density at radius 3 is 2.67 bits per heavy atom. The lowest BCUT2D eigenvalue weighted by molar-refractivity contribution is 0.483. The monoisotopic (exact) mass is 209 g/mol. The molecule has 0 saturated carbocycles. The van der Waals surface area contributed by atoms with Crippen molar-refractivity contribution in [2.24, 2.45) is 16.5 Å². The third kappa shape index (κ3) is 3.01. The van der Waals surface area contributed by atoms with Crippen molar-refractivity contribution < 1.29 is 4.42 Å². The number of nitrogens with zero attached hydrogens (tertiary/aromatic N) is 2. The topological polar surface area (TPSA) is 105 Å². The predicted octanol–water partition coefficient (Wildman–Crippen LogP) is 0.228. The molecule has 82 valence electrons. The van der Waals surface area contributed by atoms with Crippen LogP contribution in [-0.2, 0) is 6.54 Å². The Hall–Kier alpha value is -1.98. The molecule has 0 aliphatic heterocycles. The van der Waals surface area contributed by atoms with Gasteiger partial charge in [-0.1, -0.05) is 0 Å². The molecule has 1 aromatic rings. The van der Waals surface area contributed by atoms with E-state index in [2.05, 4.69) is 4.99 Å². The molecule has 1 rings (SSSR count). The van der Waals surface area contributed by atoms with Gasteiger partial charge in [0, 0.05) is 19.2 Å². The molecule has 0 spiro atoms. The Labute approximate surface area is 88.1 Å². The van der Waals surface area contributed by atoms with Crippen LogP contribution >= 0.6 is 0 Å². The van der Waals surface area contributed by atoms with E-state index in [1.165, 1.54) is 0 Å². The largest absolute Gasteiger partial charge is 0.472 e. The summed E-state index contributed by atoms with van der Waals surface area (Å²) in [5.74, 6) is -0.0913. The van der Waals surface area contributed by atoms with Crippen molar-refractivity contribution in [2.75, 3.05) is 7.05 Å². The predicted molar refractivity (Wildman–Crippen MR) is 58.4 cm³/mol. The molecule has 0 aromatic carbocycles.